The third-order valence-corrected chi connectivity index (χ3v) is 7.17. The highest BCUT2D eigenvalue weighted by Gasteiger charge is 2.46. The summed E-state index contributed by atoms with van der Waals surface area (Å²) in [7, 11) is 0. The fourth-order valence-electron chi connectivity index (χ4n) is 5.02. The predicted octanol–water partition coefficient (Wildman–Crippen LogP) is 6.51. The lowest BCUT2D eigenvalue weighted by Gasteiger charge is -2.45. The minimum absolute atomic E-state index is 0.172. The Bertz CT molecular complexity index is 1270. The smallest absolute Gasteiger partial charge is 0.411 e. The summed E-state index contributed by atoms with van der Waals surface area (Å²) in [5, 5.41) is 19.9. The fourth-order valence-corrected chi connectivity index (χ4v) is 5.02. The first-order valence-electron chi connectivity index (χ1n) is 12.7. The van der Waals surface area contributed by atoms with Crippen molar-refractivity contribution in [1.29, 1.82) is 5.26 Å². The van der Waals surface area contributed by atoms with Gasteiger partial charge in [0.15, 0.2) is 0 Å². The number of cyclic esters (lactones) is 1. The summed E-state index contributed by atoms with van der Waals surface area (Å²) in [6.07, 6.45) is 2.33. The Labute approximate surface area is 219 Å². The van der Waals surface area contributed by atoms with Crippen LogP contribution in [0.3, 0.4) is 0 Å². The Morgan fingerprint density at radius 2 is 1.70 bits per heavy atom. The monoisotopic (exact) mass is 497 g/mol. The summed E-state index contributed by atoms with van der Waals surface area (Å²) in [6, 6.07) is 23.8. The molecule has 1 aliphatic heterocycles. The summed E-state index contributed by atoms with van der Waals surface area (Å²) < 4.78 is 6.13. The summed E-state index contributed by atoms with van der Waals surface area (Å²) in [5.41, 5.74) is 2.14. The van der Waals surface area contributed by atoms with Crippen LogP contribution in [-0.2, 0) is 15.8 Å². The molecule has 6 nitrogen and oxygen atoms in total. The van der Waals surface area contributed by atoms with E-state index in [1.54, 1.807) is 24.9 Å². The molecule has 0 aliphatic carbocycles. The van der Waals surface area contributed by atoms with Crippen molar-refractivity contribution in [3.63, 3.8) is 0 Å². The van der Waals surface area contributed by atoms with E-state index < -0.39 is 16.6 Å². The highest BCUT2D eigenvalue weighted by atomic mass is 16.6. The van der Waals surface area contributed by atoms with Crippen LogP contribution >= 0.6 is 0 Å². The maximum Gasteiger partial charge on any atom is 0.411 e. The van der Waals surface area contributed by atoms with Crippen molar-refractivity contribution in [2.75, 3.05) is 6.54 Å². The normalized spacial score (nSPS) is 19.2. The first-order chi connectivity index (χ1) is 17.4. The van der Waals surface area contributed by atoms with Crippen molar-refractivity contribution in [3.05, 3.63) is 89.7 Å². The van der Waals surface area contributed by atoms with Crippen molar-refractivity contribution in [2.24, 2.45) is 0 Å². The number of aromatic nitrogens is 1. The molecule has 1 N–H and O–H groups in total. The molecule has 2 aromatic carbocycles. The second-order valence-electron chi connectivity index (χ2n) is 11.1. The molecule has 2 heterocycles. The molecule has 1 amide bonds. The quantitative estimate of drug-likeness (QED) is 0.402. The van der Waals surface area contributed by atoms with Gasteiger partial charge in [-0.3, -0.25) is 4.98 Å². The highest BCUT2D eigenvalue weighted by Crippen LogP contribution is 2.42. The number of aliphatic hydroxyl groups is 1. The average molecular weight is 498 g/mol. The number of pyridine rings is 1. The van der Waals surface area contributed by atoms with Crippen molar-refractivity contribution in [3.8, 4) is 17.2 Å². The largest absolute Gasteiger partial charge is 0.438 e. The molecule has 2 unspecified atom stereocenters. The lowest BCUT2D eigenvalue weighted by molar-refractivity contribution is -0.101. The second kappa shape index (κ2) is 9.99. The molecule has 3 aromatic rings. The Balaban J connectivity index is 1.50. The topological polar surface area (TPSA) is 86.5 Å². The zero-order chi connectivity index (χ0) is 26.8. The molecular formula is C31H35N3O3. The van der Waals surface area contributed by atoms with Gasteiger partial charge in [0.1, 0.15) is 5.60 Å². The third kappa shape index (κ3) is 5.68. The van der Waals surface area contributed by atoms with Gasteiger partial charge < -0.3 is 14.7 Å². The number of hydrogen-bond acceptors (Lipinski definition) is 5. The van der Waals surface area contributed by atoms with E-state index in [9.17, 15) is 15.2 Å². The zero-order valence-electron chi connectivity index (χ0n) is 22.2. The first-order valence-corrected chi connectivity index (χ1v) is 12.7. The molecule has 2 atom stereocenters. The van der Waals surface area contributed by atoms with Gasteiger partial charge in [-0.2, -0.15) is 5.26 Å². The van der Waals surface area contributed by atoms with Crippen LogP contribution in [0.1, 0.15) is 70.3 Å². The van der Waals surface area contributed by atoms with Crippen molar-refractivity contribution in [2.45, 2.75) is 70.1 Å². The van der Waals surface area contributed by atoms with Gasteiger partial charge in [0.05, 0.1) is 28.8 Å². The molecule has 37 heavy (non-hydrogen) atoms. The zero-order valence-corrected chi connectivity index (χ0v) is 22.2. The molecule has 0 spiro atoms. The Morgan fingerprint density at radius 3 is 2.24 bits per heavy atom. The van der Waals surface area contributed by atoms with Crippen LogP contribution in [0.15, 0.2) is 72.9 Å². The van der Waals surface area contributed by atoms with Crippen molar-refractivity contribution in [1.82, 2.24) is 9.88 Å². The van der Waals surface area contributed by atoms with Crippen LogP contribution in [-0.4, -0.2) is 33.2 Å². The number of nitriles is 1. The fraction of sp³-hybridized carbons (Fsp3) is 0.387. The molecule has 1 fully saturated rings. The minimum Gasteiger partial charge on any atom is -0.438 e. The molecular weight excluding hydrogens is 462 g/mol. The van der Waals surface area contributed by atoms with E-state index in [1.165, 1.54) is 0 Å². The number of rotatable bonds is 7. The predicted molar refractivity (Wildman–Crippen MR) is 144 cm³/mol. The van der Waals surface area contributed by atoms with Crippen LogP contribution in [0.2, 0.25) is 0 Å². The first kappa shape index (κ1) is 26.4. The van der Waals surface area contributed by atoms with Crippen LogP contribution in [0.25, 0.3) is 11.1 Å². The van der Waals surface area contributed by atoms with E-state index in [0.717, 1.165) is 27.9 Å². The SMILES string of the molecule is CC(c1ccc(-c2ccc(C(C)(C)C#N)nc2)cc1)N1CCC(CC(C)(C)O)(c2ccccc2)OC1=O. The Morgan fingerprint density at radius 1 is 1.05 bits per heavy atom. The maximum atomic E-state index is 13.3. The van der Waals surface area contributed by atoms with Crippen LogP contribution in [0.5, 0.6) is 0 Å². The highest BCUT2D eigenvalue weighted by molar-refractivity contribution is 5.70. The molecule has 6 heteroatoms. The standard InChI is InChI=1S/C31H35N3O3/c1-22(23-11-13-24(14-12-23)25-15-16-27(33-19-25)29(2,3)21-32)34-18-17-31(37-28(34)35,20-30(4,5)36)26-9-7-6-8-10-26/h6-16,19,22,36H,17-18,20H2,1-5H3. The Kier molecular flexibility index (Phi) is 7.12. The molecule has 0 saturated carbocycles. The van der Waals surface area contributed by atoms with Gasteiger partial charge in [-0.05, 0) is 57.4 Å². The molecule has 1 aliphatic rings. The third-order valence-electron chi connectivity index (χ3n) is 7.17. The number of nitrogens with zero attached hydrogens (tertiary/aromatic N) is 3. The second-order valence-corrected chi connectivity index (χ2v) is 11.1. The van der Waals surface area contributed by atoms with Crippen LogP contribution in [0, 0.1) is 11.3 Å². The van der Waals surface area contributed by atoms with E-state index in [4.69, 9.17) is 4.74 Å². The number of carbonyl (C=O) groups excluding carboxylic acids is 1. The number of hydrogen-bond donors (Lipinski definition) is 1. The molecule has 0 radical (unpaired) electrons. The molecule has 1 saturated heterocycles. The van der Waals surface area contributed by atoms with Gasteiger partial charge in [-0.25, -0.2) is 4.79 Å². The summed E-state index contributed by atoms with van der Waals surface area (Å²) in [6.45, 7) is 9.72. The number of ether oxygens (including phenoxy) is 1. The van der Waals surface area contributed by atoms with Crippen molar-refractivity contribution >= 4 is 6.09 Å². The van der Waals surface area contributed by atoms with Gasteiger partial charge in [-0.1, -0.05) is 60.7 Å². The molecule has 192 valence electrons. The van der Waals surface area contributed by atoms with E-state index in [1.807, 2.05) is 87.5 Å². The maximum absolute atomic E-state index is 13.3. The number of carbonyl (C=O) groups is 1. The number of benzene rings is 2. The summed E-state index contributed by atoms with van der Waals surface area (Å²) >= 11 is 0. The molecule has 0 bridgehead atoms. The van der Waals surface area contributed by atoms with Crippen LogP contribution in [0.4, 0.5) is 4.79 Å². The number of amides is 1. The van der Waals surface area contributed by atoms with E-state index >= 15 is 0 Å². The molecule has 4 rings (SSSR count). The van der Waals surface area contributed by atoms with Crippen molar-refractivity contribution < 1.29 is 14.6 Å². The minimum atomic E-state index is -0.989. The van der Waals surface area contributed by atoms with Gasteiger partial charge in [-0.15, -0.1) is 0 Å². The van der Waals surface area contributed by atoms with E-state index in [-0.39, 0.29) is 12.1 Å². The average Bonchev–Trinajstić information content (AvgIpc) is 2.88. The Hall–Kier alpha value is -3.69. The van der Waals surface area contributed by atoms with E-state index in [0.29, 0.717) is 19.4 Å². The lowest BCUT2D eigenvalue weighted by Crippen LogP contribution is -2.51. The van der Waals surface area contributed by atoms with Gasteiger partial charge >= 0.3 is 6.09 Å². The molecule has 1 aromatic heterocycles. The van der Waals surface area contributed by atoms with Gasteiger partial charge in [0.2, 0.25) is 0 Å². The van der Waals surface area contributed by atoms with Crippen LogP contribution < -0.4 is 0 Å². The summed E-state index contributed by atoms with van der Waals surface area (Å²) in [5.74, 6) is 0. The summed E-state index contributed by atoms with van der Waals surface area (Å²) in [4.78, 5) is 19.5. The van der Waals surface area contributed by atoms with Gasteiger partial charge in [0, 0.05) is 31.1 Å². The van der Waals surface area contributed by atoms with E-state index in [2.05, 4.69) is 11.1 Å². The lowest BCUT2D eigenvalue weighted by atomic mass is 9.80. The van der Waals surface area contributed by atoms with Gasteiger partial charge in [0.25, 0.3) is 0 Å².